The van der Waals surface area contributed by atoms with Crippen molar-refractivity contribution in [3.05, 3.63) is 87.0 Å². The van der Waals surface area contributed by atoms with Gasteiger partial charge >= 0.3 is 5.97 Å². The lowest BCUT2D eigenvalue weighted by atomic mass is 10.0. The van der Waals surface area contributed by atoms with Gasteiger partial charge in [0, 0.05) is 29.6 Å². The van der Waals surface area contributed by atoms with Gasteiger partial charge < -0.3 is 9.72 Å². The molecule has 188 valence electrons. The van der Waals surface area contributed by atoms with Crippen LogP contribution in [0, 0.1) is 13.8 Å². The molecule has 1 atom stereocenters. The van der Waals surface area contributed by atoms with E-state index in [4.69, 9.17) is 4.74 Å². The minimum Gasteiger partial charge on any atom is -0.465 e. The van der Waals surface area contributed by atoms with Crippen LogP contribution in [0.5, 0.6) is 0 Å². The summed E-state index contributed by atoms with van der Waals surface area (Å²) in [6.07, 6.45) is 0.680. The normalized spacial score (nSPS) is 12.2. The highest BCUT2D eigenvalue weighted by atomic mass is 16.5. The van der Waals surface area contributed by atoms with Gasteiger partial charge in [-0.05, 0) is 66.4 Å². The highest BCUT2D eigenvalue weighted by Crippen LogP contribution is 2.27. The van der Waals surface area contributed by atoms with E-state index in [-0.39, 0.29) is 24.8 Å². The van der Waals surface area contributed by atoms with Gasteiger partial charge in [-0.1, -0.05) is 43.3 Å². The number of carbonyl (C=O) groups is 1. The fourth-order valence-electron chi connectivity index (χ4n) is 4.64. The average molecular weight is 489 g/mol. The standard InChI is InChI=1S/C27H32N6O3/c1-5-24(26-29-30-31-33(26)17-25(34)36-6-2)32(15-20-10-8-7-9-11-20)16-21-14-22-19(4)12-18(3)13-23(22)28-27(21)35/h7-14,24H,5-6,15-17H2,1-4H3,(H,28,35). The van der Waals surface area contributed by atoms with Crippen molar-refractivity contribution in [2.45, 2.75) is 59.8 Å². The van der Waals surface area contributed by atoms with Crippen LogP contribution in [0.1, 0.15) is 54.4 Å². The van der Waals surface area contributed by atoms with Gasteiger partial charge in [-0.25, -0.2) is 4.68 Å². The van der Waals surface area contributed by atoms with Gasteiger partial charge in [0.2, 0.25) is 0 Å². The number of fused-ring (bicyclic) bond motifs is 1. The zero-order valence-corrected chi connectivity index (χ0v) is 21.2. The summed E-state index contributed by atoms with van der Waals surface area (Å²) < 4.78 is 6.58. The molecule has 0 saturated heterocycles. The van der Waals surface area contributed by atoms with E-state index >= 15 is 0 Å². The third kappa shape index (κ3) is 5.68. The van der Waals surface area contributed by atoms with Crippen molar-refractivity contribution in [1.82, 2.24) is 30.1 Å². The molecule has 0 spiro atoms. The first-order chi connectivity index (χ1) is 17.4. The molecule has 9 nitrogen and oxygen atoms in total. The number of rotatable bonds is 10. The second-order valence-electron chi connectivity index (χ2n) is 8.98. The Hall–Kier alpha value is -3.85. The first kappa shape index (κ1) is 25.2. The lowest BCUT2D eigenvalue weighted by Gasteiger charge is -2.30. The summed E-state index contributed by atoms with van der Waals surface area (Å²) in [5, 5.41) is 13.2. The molecule has 36 heavy (non-hydrogen) atoms. The fraction of sp³-hybridized carbons (Fsp3) is 0.370. The van der Waals surface area contributed by atoms with Gasteiger partial charge in [0.1, 0.15) is 6.54 Å². The van der Waals surface area contributed by atoms with E-state index in [9.17, 15) is 9.59 Å². The number of carbonyl (C=O) groups excluding carboxylic acids is 1. The van der Waals surface area contributed by atoms with Crippen molar-refractivity contribution in [2.75, 3.05) is 6.61 Å². The number of nitrogens with one attached hydrogen (secondary N) is 1. The van der Waals surface area contributed by atoms with Crippen LogP contribution < -0.4 is 5.56 Å². The second kappa shape index (κ2) is 11.3. The van der Waals surface area contributed by atoms with E-state index in [1.165, 1.54) is 4.68 Å². The van der Waals surface area contributed by atoms with Crippen molar-refractivity contribution in [1.29, 1.82) is 0 Å². The van der Waals surface area contributed by atoms with Gasteiger partial charge in [-0.15, -0.1) is 5.10 Å². The van der Waals surface area contributed by atoms with Gasteiger partial charge in [0.25, 0.3) is 5.56 Å². The summed E-state index contributed by atoms with van der Waals surface area (Å²) in [7, 11) is 0. The van der Waals surface area contributed by atoms with Gasteiger partial charge in [0.15, 0.2) is 5.82 Å². The van der Waals surface area contributed by atoms with Crippen LogP contribution >= 0.6 is 0 Å². The number of pyridine rings is 1. The second-order valence-corrected chi connectivity index (χ2v) is 8.98. The Morgan fingerprint density at radius 1 is 1.11 bits per heavy atom. The van der Waals surface area contributed by atoms with Crippen LogP contribution in [0.15, 0.2) is 53.3 Å². The number of hydrogen-bond donors (Lipinski definition) is 1. The number of aromatic nitrogens is 5. The maximum atomic E-state index is 13.1. The third-order valence-corrected chi connectivity index (χ3v) is 6.26. The maximum absolute atomic E-state index is 13.1. The average Bonchev–Trinajstić information content (AvgIpc) is 3.28. The predicted molar refractivity (Wildman–Crippen MR) is 137 cm³/mol. The number of tetrazole rings is 1. The lowest BCUT2D eigenvalue weighted by molar-refractivity contribution is -0.144. The molecule has 0 amide bonds. The number of benzene rings is 2. The molecule has 2 heterocycles. The number of nitrogens with zero attached hydrogens (tertiary/aromatic N) is 5. The molecule has 0 fully saturated rings. The maximum Gasteiger partial charge on any atom is 0.327 e. The zero-order valence-electron chi connectivity index (χ0n) is 21.2. The largest absolute Gasteiger partial charge is 0.465 e. The van der Waals surface area contributed by atoms with Crippen molar-refractivity contribution >= 4 is 16.9 Å². The molecule has 0 radical (unpaired) electrons. The van der Waals surface area contributed by atoms with Crippen LogP contribution in [-0.4, -0.2) is 42.7 Å². The van der Waals surface area contributed by atoms with E-state index in [1.54, 1.807) is 6.92 Å². The molecule has 0 aliphatic heterocycles. The van der Waals surface area contributed by atoms with E-state index in [0.29, 0.717) is 30.9 Å². The minimum absolute atomic E-state index is 0.0685. The molecular formula is C27H32N6O3. The van der Waals surface area contributed by atoms with Crippen molar-refractivity contribution < 1.29 is 9.53 Å². The van der Waals surface area contributed by atoms with Crippen molar-refractivity contribution in [3.63, 3.8) is 0 Å². The molecule has 1 unspecified atom stereocenters. The molecular weight excluding hydrogens is 456 g/mol. The Kier molecular flexibility index (Phi) is 7.90. The van der Waals surface area contributed by atoms with Crippen molar-refractivity contribution in [3.8, 4) is 0 Å². The topological polar surface area (TPSA) is 106 Å². The number of esters is 1. The molecule has 9 heteroatoms. The Balaban J connectivity index is 1.73. The Labute approximate surface area is 210 Å². The number of aromatic amines is 1. The third-order valence-electron chi connectivity index (χ3n) is 6.26. The van der Waals surface area contributed by atoms with E-state index in [0.717, 1.165) is 27.6 Å². The summed E-state index contributed by atoms with van der Waals surface area (Å²) >= 11 is 0. The fourth-order valence-corrected chi connectivity index (χ4v) is 4.64. The molecule has 0 aliphatic carbocycles. The summed E-state index contributed by atoms with van der Waals surface area (Å²) in [6, 6.07) is 15.9. The summed E-state index contributed by atoms with van der Waals surface area (Å²) in [6.45, 7) is 9.07. The summed E-state index contributed by atoms with van der Waals surface area (Å²) in [5.74, 6) is 0.165. The zero-order chi connectivity index (χ0) is 25.7. The predicted octanol–water partition coefficient (Wildman–Crippen LogP) is 3.85. The van der Waals surface area contributed by atoms with Crippen molar-refractivity contribution in [2.24, 2.45) is 0 Å². The van der Waals surface area contributed by atoms with Gasteiger partial charge in [-0.3, -0.25) is 14.5 Å². The van der Waals surface area contributed by atoms with Crippen LogP contribution in [0.25, 0.3) is 10.9 Å². The molecule has 0 saturated carbocycles. The van der Waals surface area contributed by atoms with Gasteiger partial charge in [-0.2, -0.15) is 0 Å². The Morgan fingerprint density at radius 2 is 1.89 bits per heavy atom. The van der Waals surface area contributed by atoms with Crippen LogP contribution in [-0.2, 0) is 29.2 Å². The van der Waals surface area contributed by atoms with Crippen LogP contribution in [0.3, 0.4) is 0 Å². The first-order valence-corrected chi connectivity index (χ1v) is 12.2. The van der Waals surface area contributed by atoms with Crippen LogP contribution in [0.2, 0.25) is 0 Å². The number of aryl methyl sites for hydroxylation is 2. The number of H-pyrrole nitrogens is 1. The molecule has 2 aromatic heterocycles. The smallest absolute Gasteiger partial charge is 0.327 e. The molecule has 4 rings (SSSR count). The quantitative estimate of drug-likeness (QED) is 0.338. The monoisotopic (exact) mass is 488 g/mol. The first-order valence-electron chi connectivity index (χ1n) is 12.2. The van der Waals surface area contributed by atoms with Crippen LogP contribution in [0.4, 0.5) is 0 Å². The summed E-state index contributed by atoms with van der Waals surface area (Å²) in [4.78, 5) is 30.5. The van der Waals surface area contributed by atoms with Gasteiger partial charge in [0.05, 0.1) is 12.6 Å². The van der Waals surface area contributed by atoms with E-state index < -0.39 is 5.97 Å². The van der Waals surface area contributed by atoms with E-state index in [1.807, 2.05) is 44.2 Å². The number of ether oxygens (including phenoxy) is 1. The highest BCUT2D eigenvalue weighted by Gasteiger charge is 2.27. The molecule has 1 N–H and O–H groups in total. The molecule has 4 aromatic rings. The highest BCUT2D eigenvalue weighted by molar-refractivity contribution is 5.83. The Bertz CT molecular complexity index is 1400. The number of hydrogen-bond acceptors (Lipinski definition) is 7. The minimum atomic E-state index is -0.396. The molecule has 2 aromatic carbocycles. The molecule has 0 bridgehead atoms. The summed E-state index contributed by atoms with van der Waals surface area (Å²) in [5.41, 5.74) is 4.70. The SMILES string of the molecule is CCOC(=O)Cn1nnnc1C(CC)N(Cc1ccccc1)Cc1cc2c(C)cc(C)cc2[nH]c1=O. The lowest BCUT2D eigenvalue weighted by Crippen LogP contribution is -2.33. The Morgan fingerprint density at radius 3 is 2.61 bits per heavy atom. The van der Waals surface area contributed by atoms with E-state index in [2.05, 4.69) is 50.5 Å². The molecule has 0 aliphatic rings.